The maximum Gasteiger partial charge on any atom is 0.326 e. The Bertz CT molecular complexity index is 209. The Hall–Kier alpha value is -1.10. The highest BCUT2D eigenvalue weighted by Crippen LogP contribution is 2.18. The van der Waals surface area contributed by atoms with Gasteiger partial charge in [-0.05, 0) is 5.41 Å². The van der Waals surface area contributed by atoms with Crippen molar-refractivity contribution in [3.63, 3.8) is 0 Å². The second-order valence-electron chi connectivity index (χ2n) is 4.08. The molecule has 1 unspecified atom stereocenters. The second kappa shape index (κ2) is 4.95. The molecule has 5 nitrogen and oxygen atoms in total. The Kier molecular flexibility index (Phi) is 4.56. The van der Waals surface area contributed by atoms with Crippen molar-refractivity contribution in [1.82, 2.24) is 0 Å². The summed E-state index contributed by atoms with van der Waals surface area (Å²) in [6.07, 6.45) is -0.895. The topological polar surface area (TPSA) is 78.6 Å². The van der Waals surface area contributed by atoms with Crippen molar-refractivity contribution in [2.24, 2.45) is 11.1 Å². The van der Waals surface area contributed by atoms with E-state index in [0.29, 0.717) is 0 Å². The van der Waals surface area contributed by atoms with Crippen molar-refractivity contribution < 1.29 is 19.1 Å². The quantitative estimate of drug-likeness (QED) is 0.407. The zero-order valence-electron chi connectivity index (χ0n) is 8.94. The van der Waals surface area contributed by atoms with E-state index in [2.05, 4.69) is 4.74 Å². The van der Waals surface area contributed by atoms with Crippen molar-refractivity contribution in [3.05, 3.63) is 0 Å². The van der Waals surface area contributed by atoms with Crippen LogP contribution in [0.2, 0.25) is 0 Å². The van der Waals surface area contributed by atoms with E-state index < -0.39 is 18.3 Å². The van der Waals surface area contributed by atoms with Crippen LogP contribution >= 0.6 is 0 Å². The van der Waals surface area contributed by atoms with Crippen LogP contribution in [0.15, 0.2) is 0 Å². The first-order valence-corrected chi connectivity index (χ1v) is 4.34. The highest BCUT2D eigenvalue weighted by atomic mass is 16.7. The lowest BCUT2D eigenvalue weighted by Gasteiger charge is -2.25. The number of nitrogens with two attached hydrogens (primary N) is 1. The van der Waals surface area contributed by atoms with Gasteiger partial charge in [-0.15, -0.1) is 0 Å². The largest absolute Gasteiger partial charge is 0.428 e. The molecule has 0 bridgehead atoms. The highest BCUT2D eigenvalue weighted by Gasteiger charge is 2.29. The third-order valence-electron chi connectivity index (χ3n) is 1.72. The van der Waals surface area contributed by atoms with Crippen molar-refractivity contribution in [2.75, 3.05) is 0 Å². The molecule has 0 rings (SSSR count). The van der Waals surface area contributed by atoms with Gasteiger partial charge < -0.3 is 15.2 Å². The summed E-state index contributed by atoms with van der Waals surface area (Å²) in [6.45, 7) is 7.14. The molecule has 5 heteroatoms. The van der Waals surface area contributed by atoms with Crippen molar-refractivity contribution in [3.8, 4) is 0 Å². The monoisotopic (exact) mass is 203 g/mol. The molecule has 2 N–H and O–H groups in total. The van der Waals surface area contributed by atoms with Crippen LogP contribution < -0.4 is 5.73 Å². The van der Waals surface area contributed by atoms with Gasteiger partial charge >= 0.3 is 5.97 Å². The molecule has 14 heavy (non-hydrogen) atoms. The van der Waals surface area contributed by atoms with Crippen LogP contribution in [0, 0.1) is 5.41 Å². The van der Waals surface area contributed by atoms with E-state index in [9.17, 15) is 9.59 Å². The Morgan fingerprint density at radius 3 is 2.29 bits per heavy atom. The van der Waals surface area contributed by atoms with Crippen LogP contribution in [0.1, 0.15) is 27.7 Å². The molecule has 0 radical (unpaired) electrons. The Morgan fingerprint density at radius 1 is 1.43 bits per heavy atom. The SMILES string of the molecule is CC(OC=O)OC(=O)[C@@H](N)C(C)(C)C. The lowest BCUT2D eigenvalue weighted by Crippen LogP contribution is -2.44. The molecule has 0 fully saturated rings. The van der Waals surface area contributed by atoms with Gasteiger partial charge in [0.2, 0.25) is 6.29 Å². The van der Waals surface area contributed by atoms with Gasteiger partial charge in [-0.2, -0.15) is 0 Å². The Balaban J connectivity index is 4.15. The number of ether oxygens (including phenoxy) is 2. The van der Waals surface area contributed by atoms with Gasteiger partial charge in [0.25, 0.3) is 6.47 Å². The van der Waals surface area contributed by atoms with Crippen LogP contribution in [0.3, 0.4) is 0 Å². The second-order valence-corrected chi connectivity index (χ2v) is 4.08. The first-order chi connectivity index (χ1) is 6.29. The molecule has 0 aliphatic rings. The predicted octanol–water partition coefficient (Wildman–Crippen LogP) is 0.422. The first kappa shape index (κ1) is 12.9. The minimum absolute atomic E-state index is 0.223. The summed E-state index contributed by atoms with van der Waals surface area (Å²) in [5.74, 6) is -0.577. The number of carbonyl (C=O) groups is 2. The summed E-state index contributed by atoms with van der Waals surface area (Å²) < 4.78 is 9.16. The van der Waals surface area contributed by atoms with E-state index in [1.165, 1.54) is 6.92 Å². The third kappa shape index (κ3) is 4.23. The molecular formula is C9H17NO4. The van der Waals surface area contributed by atoms with Gasteiger partial charge in [0.1, 0.15) is 6.04 Å². The standard InChI is InChI=1S/C9H17NO4/c1-6(13-5-11)14-8(12)7(10)9(2,3)4/h5-7H,10H2,1-4H3/t6?,7-/m1/s1. The summed E-state index contributed by atoms with van der Waals surface area (Å²) in [5, 5.41) is 0. The zero-order chi connectivity index (χ0) is 11.4. The van der Waals surface area contributed by atoms with E-state index in [1.54, 1.807) is 0 Å². The van der Waals surface area contributed by atoms with Gasteiger partial charge in [-0.1, -0.05) is 20.8 Å². The van der Waals surface area contributed by atoms with Crippen LogP contribution in [-0.4, -0.2) is 24.8 Å². The molecule has 0 spiro atoms. The van der Waals surface area contributed by atoms with E-state index in [-0.39, 0.29) is 11.9 Å². The summed E-state index contributed by atoms with van der Waals surface area (Å²) >= 11 is 0. The molecule has 2 atom stereocenters. The fourth-order valence-corrected chi connectivity index (χ4v) is 0.696. The molecule has 0 aliphatic carbocycles. The molecule has 0 aliphatic heterocycles. The highest BCUT2D eigenvalue weighted by molar-refractivity contribution is 5.76. The van der Waals surface area contributed by atoms with E-state index in [4.69, 9.17) is 10.5 Å². The lowest BCUT2D eigenvalue weighted by atomic mass is 9.87. The minimum atomic E-state index is -0.895. The summed E-state index contributed by atoms with van der Waals surface area (Å²) in [4.78, 5) is 21.3. The van der Waals surface area contributed by atoms with Gasteiger partial charge in [-0.25, -0.2) is 0 Å². The molecule has 0 aromatic rings. The van der Waals surface area contributed by atoms with Crippen molar-refractivity contribution >= 4 is 12.4 Å². The van der Waals surface area contributed by atoms with Crippen LogP contribution in [0.25, 0.3) is 0 Å². The predicted molar refractivity (Wildman–Crippen MR) is 50.1 cm³/mol. The normalized spacial score (nSPS) is 15.5. The summed E-state index contributed by atoms with van der Waals surface area (Å²) in [6, 6.07) is -0.736. The fourth-order valence-electron chi connectivity index (χ4n) is 0.696. The first-order valence-electron chi connectivity index (χ1n) is 4.34. The molecule has 0 saturated carbocycles. The number of esters is 1. The molecule has 0 aromatic heterocycles. The van der Waals surface area contributed by atoms with E-state index in [0.717, 1.165) is 0 Å². The average Bonchev–Trinajstić information content (AvgIpc) is 2.01. The Labute approximate surface area is 83.5 Å². The lowest BCUT2D eigenvalue weighted by molar-refractivity contribution is -0.179. The molecule has 0 saturated heterocycles. The van der Waals surface area contributed by atoms with Crippen molar-refractivity contribution in [1.29, 1.82) is 0 Å². The number of hydrogen-bond donors (Lipinski definition) is 1. The molecule has 0 amide bonds. The Morgan fingerprint density at radius 2 is 1.93 bits per heavy atom. The maximum absolute atomic E-state index is 11.3. The molecular weight excluding hydrogens is 186 g/mol. The van der Waals surface area contributed by atoms with Crippen LogP contribution in [0.4, 0.5) is 0 Å². The number of rotatable bonds is 4. The summed E-state index contributed by atoms with van der Waals surface area (Å²) in [7, 11) is 0. The fraction of sp³-hybridized carbons (Fsp3) is 0.778. The molecule has 0 aromatic carbocycles. The van der Waals surface area contributed by atoms with Crippen LogP contribution in [-0.2, 0) is 19.1 Å². The number of hydrogen-bond acceptors (Lipinski definition) is 5. The van der Waals surface area contributed by atoms with Gasteiger partial charge in [0.15, 0.2) is 0 Å². The number of carbonyl (C=O) groups excluding carboxylic acids is 2. The van der Waals surface area contributed by atoms with Gasteiger partial charge in [0, 0.05) is 6.92 Å². The average molecular weight is 203 g/mol. The van der Waals surface area contributed by atoms with Gasteiger partial charge in [0.05, 0.1) is 0 Å². The van der Waals surface area contributed by atoms with Crippen molar-refractivity contribution in [2.45, 2.75) is 40.0 Å². The van der Waals surface area contributed by atoms with E-state index >= 15 is 0 Å². The molecule has 0 heterocycles. The maximum atomic E-state index is 11.3. The zero-order valence-corrected chi connectivity index (χ0v) is 8.94. The third-order valence-corrected chi connectivity index (χ3v) is 1.72. The minimum Gasteiger partial charge on any atom is -0.428 e. The van der Waals surface area contributed by atoms with E-state index in [1.807, 2.05) is 20.8 Å². The summed E-state index contributed by atoms with van der Waals surface area (Å²) in [5.41, 5.74) is 5.24. The molecule has 82 valence electrons. The van der Waals surface area contributed by atoms with Crippen LogP contribution in [0.5, 0.6) is 0 Å². The smallest absolute Gasteiger partial charge is 0.326 e. The van der Waals surface area contributed by atoms with Gasteiger partial charge in [-0.3, -0.25) is 9.59 Å².